The number of rotatable bonds is 2. The Morgan fingerprint density at radius 2 is 2.00 bits per heavy atom. The van der Waals surface area contributed by atoms with Crippen molar-refractivity contribution in [1.82, 2.24) is 20.3 Å². The van der Waals surface area contributed by atoms with Crippen molar-refractivity contribution in [3.05, 3.63) is 48.2 Å². The predicted octanol–water partition coefficient (Wildman–Crippen LogP) is 3.23. The van der Waals surface area contributed by atoms with Crippen LogP contribution in [0.5, 0.6) is 0 Å². The number of piperidine rings is 1. The molecule has 112 valence electrons. The Labute approximate surface area is 127 Å². The molecule has 0 unspecified atom stereocenters. The average Bonchev–Trinajstić information content (AvgIpc) is 3.00. The van der Waals surface area contributed by atoms with E-state index < -0.39 is 5.95 Å². The second-order valence-corrected chi connectivity index (χ2v) is 5.72. The van der Waals surface area contributed by atoms with Crippen LogP contribution in [0.2, 0.25) is 0 Å². The molecule has 22 heavy (non-hydrogen) atoms. The highest BCUT2D eigenvalue weighted by Crippen LogP contribution is 2.31. The third-order valence-corrected chi connectivity index (χ3v) is 4.32. The number of fused-ring (bicyclic) bond motifs is 1. The monoisotopic (exact) mass is 296 g/mol. The van der Waals surface area contributed by atoms with Crippen LogP contribution in [0.15, 0.2) is 36.5 Å². The number of aromatic nitrogens is 3. The zero-order chi connectivity index (χ0) is 14.9. The summed E-state index contributed by atoms with van der Waals surface area (Å²) in [6.07, 6.45) is 3.99. The first-order valence-corrected chi connectivity index (χ1v) is 7.62. The molecule has 0 aliphatic carbocycles. The van der Waals surface area contributed by atoms with Gasteiger partial charge in [0.2, 0.25) is 5.95 Å². The van der Waals surface area contributed by atoms with Crippen LogP contribution in [0.1, 0.15) is 24.5 Å². The Morgan fingerprint density at radius 1 is 1.14 bits per heavy atom. The Morgan fingerprint density at radius 3 is 2.82 bits per heavy atom. The molecule has 0 bridgehead atoms. The Balaban J connectivity index is 1.81. The van der Waals surface area contributed by atoms with Gasteiger partial charge in [-0.25, -0.2) is 9.97 Å². The standard InChI is InChI=1S/C17H17FN4/c18-16-3-1-2-14(21-16)12-6-9-20-17-13(12)10-15(22-17)11-4-7-19-8-5-11/h1-3,6,9-11,19H,4-5,7-8H2,(H,20,22). The summed E-state index contributed by atoms with van der Waals surface area (Å²) < 4.78 is 13.4. The van der Waals surface area contributed by atoms with Crippen molar-refractivity contribution >= 4 is 11.0 Å². The SMILES string of the molecule is Fc1cccc(-c2ccnc3[nH]c(C4CCNCC4)cc23)n1. The fourth-order valence-electron chi connectivity index (χ4n) is 3.18. The number of pyridine rings is 2. The first-order valence-electron chi connectivity index (χ1n) is 7.62. The van der Waals surface area contributed by atoms with E-state index in [1.807, 2.05) is 12.1 Å². The van der Waals surface area contributed by atoms with E-state index in [0.29, 0.717) is 11.6 Å². The van der Waals surface area contributed by atoms with Crippen molar-refractivity contribution in [1.29, 1.82) is 0 Å². The number of hydrogen-bond acceptors (Lipinski definition) is 3. The zero-order valence-corrected chi connectivity index (χ0v) is 12.1. The van der Waals surface area contributed by atoms with Gasteiger partial charge in [-0.05, 0) is 50.2 Å². The van der Waals surface area contributed by atoms with Crippen LogP contribution in [-0.4, -0.2) is 28.0 Å². The predicted molar refractivity (Wildman–Crippen MR) is 84.1 cm³/mol. The van der Waals surface area contributed by atoms with E-state index in [-0.39, 0.29) is 0 Å². The maximum absolute atomic E-state index is 13.4. The molecule has 1 aliphatic heterocycles. The van der Waals surface area contributed by atoms with Gasteiger partial charge in [0.1, 0.15) is 5.65 Å². The maximum Gasteiger partial charge on any atom is 0.213 e. The highest BCUT2D eigenvalue weighted by molar-refractivity contribution is 5.92. The first-order chi connectivity index (χ1) is 10.8. The van der Waals surface area contributed by atoms with Crippen LogP contribution in [0.3, 0.4) is 0 Å². The Bertz CT molecular complexity index is 805. The van der Waals surface area contributed by atoms with Gasteiger partial charge in [-0.3, -0.25) is 0 Å². The molecule has 0 saturated carbocycles. The Hall–Kier alpha value is -2.27. The molecule has 0 amide bonds. The number of hydrogen-bond donors (Lipinski definition) is 2. The molecule has 3 aromatic heterocycles. The third kappa shape index (κ3) is 2.37. The highest BCUT2D eigenvalue weighted by Gasteiger charge is 2.18. The molecule has 0 aromatic carbocycles. The molecular weight excluding hydrogens is 279 g/mol. The van der Waals surface area contributed by atoms with E-state index in [2.05, 4.69) is 26.3 Å². The van der Waals surface area contributed by atoms with Crippen LogP contribution in [0.4, 0.5) is 4.39 Å². The van der Waals surface area contributed by atoms with Gasteiger partial charge in [-0.15, -0.1) is 0 Å². The normalized spacial score (nSPS) is 16.2. The van der Waals surface area contributed by atoms with Crippen molar-refractivity contribution in [2.75, 3.05) is 13.1 Å². The van der Waals surface area contributed by atoms with Gasteiger partial charge >= 0.3 is 0 Å². The minimum atomic E-state index is -0.462. The third-order valence-electron chi connectivity index (χ3n) is 4.32. The molecule has 0 radical (unpaired) electrons. The lowest BCUT2D eigenvalue weighted by atomic mass is 9.94. The fourth-order valence-corrected chi connectivity index (χ4v) is 3.18. The van der Waals surface area contributed by atoms with E-state index >= 15 is 0 Å². The van der Waals surface area contributed by atoms with E-state index in [0.717, 1.165) is 42.5 Å². The summed E-state index contributed by atoms with van der Waals surface area (Å²) in [5.41, 5.74) is 3.62. The summed E-state index contributed by atoms with van der Waals surface area (Å²) in [6.45, 7) is 2.09. The van der Waals surface area contributed by atoms with Crippen LogP contribution >= 0.6 is 0 Å². The lowest BCUT2D eigenvalue weighted by Gasteiger charge is -2.21. The van der Waals surface area contributed by atoms with Crippen LogP contribution in [0, 0.1) is 5.95 Å². The van der Waals surface area contributed by atoms with Crippen molar-refractivity contribution in [3.63, 3.8) is 0 Å². The van der Waals surface area contributed by atoms with Crippen LogP contribution in [0.25, 0.3) is 22.3 Å². The first kappa shape index (κ1) is 13.4. The van der Waals surface area contributed by atoms with Gasteiger partial charge in [0.05, 0.1) is 5.69 Å². The van der Waals surface area contributed by atoms with E-state index in [1.165, 1.54) is 11.8 Å². The largest absolute Gasteiger partial charge is 0.343 e. The summed E-state index contributed by atoms with van der Waals surface area (Å²) in [7, 11) is 0. The molecule has 1 saturated heterocycles. The molecule has 0 atom stereocenters. The number of halogens is 1. The Kier molecular flexibility index (Phi) is 3.35. The molecule has 0 spiro atoms. The molecule has 3 aromatic rings. The van der Waals surface area contributed by atoms with Gasteiger partial charge < -0.3 is 10.3 Å². The maximum atomic E-state index is 13.4. The smallest absolute Gasteiger partial charge is 0.213 e. The highest BCUT2D eigenvalue weighted by atomic mass is 19.1. The lowest BCUT2D eigenvalue weighted by molar-refractivity contribution is 0.455. The number of H-pyrrole nitrogens is 1. The summed E-state index contributed by atoms with van der Waals surface area (Å²) in [5, 5.41) is 4.39. The summed E-state index contributed by atoms with van der Waals surface area (Å²) in [5.74, 6) is 0.0698. The van der Waals surface area contributed by atoms with Crippen molar-refractivity contribution < 1.29 is 4.39 Å². The second kappa shape index (κ2) is 5.50. The minimum absolute atomic E-state index is 0.462. The number of nitrogens with zero attached hydrogens (tertiary/aromatic N) is 2. The summed E-state index contributed by atoms with van der Waals surface area (Å²) >= 11 is 0. The molecule has 2 N–H and O–H groups in total. The van der Waals surface area contributed by atoms with Gasteiger partial charge in [-0.1, -0.05) is 6.07 Å². The molecule has 1 aliphatic rings. The molecule has 5 heteroatoms. The molecular formula is C17H17FN4. The van der Waals surface area contributed by atoms with Gasteiger partial charge in [0, 0.05) is 28.8 Å². The summed E-state index contributed by atoms with van der Waals surface area (Å²) in [4.78, 5) is 11.8. The van der Waals surface area contributed by atoms with E-state index in [4.69, 9.17) is 0 Å². The molecule has 4 heterocycles. The quantitative estimate of drug-likeness (QED) is 0.714. The lowest BCUT2D eigenvalue weighted by Crippen LogP contribution is -2.26. The molecule has 4 rings (SSSR count). The van der Waals surface area contributed by atoms with Crippen molar-refractivity contribution in [2.24, 2.45) is 0 Å². The van der Waals surface area contributed by atoms with E-state index in [1.54, 1.807) is 12.3 Å². The fraction of sp³-hybridized carbons (Fsp3) is 0.294. The molecule has 4 nitrogen and oxygen atoms in total. The zero-order valence-electron chi connectivity index (χ0n) is 12.1. The number of aromatic amines is 1. The van der Waals surface area contributed by atoms with Crippen molar-refractivity contribution in [3.8, 4) is 11.3 Å². The second-order valence-electron chi connectivity index (χ2n) is 5.72. The van der Waals surface area contributed by atoms with Crippen LogP contribution < -0.4 is 5.32 Å². The summed E-state index contributed by atoms with van der Waals surface area (Å²) in [6, 6.07) is 8.92. The van der Waals surface area contributed by atoms with Gasteiger partial charge in [-0.2, -0.15) is 4.39 Å². The van der Waals surface area contributed by atoms with Crippen molar-refractivity contribution in [2.45, 2.75) is 18.8 Å². The van der Waals surface area contributed by atoms with Gasteiger partial charge in [0.15, 0.2) is 0 Å². The number of nitrogens with one attached hydrogen (secondary N) is 2. The average molecular weight is 296 g/mol. The minimum Gasteiger partial charge on any atom is -0.343 e. The topological polar surface area (TPSA) is 53.6 Å². The van der Waals surface area contributed by atoms with Crippen LogP contribution in [-0.2, 0) is 0 Å². The van der Waals surface area contributed by atoms with E-state index in [9.17, 15) is 4.39 Å². The molecule has 1 fully saturated rings. The van der Waals surface area contributed by atoms with Gasteiger partial charge in [0.25, 0.3) is 0 Å².